The summed E-state index contributed by atoms with van der Waals surface area (Å²) in [5, 5.41) is 6.28. The fourth-order valence-electron chi connectivity index (χ4n) is 2.01. The number of piperidine rings is 1. The molecule has 1 aliphatic rings. The molecule has 0 saturated carbocycles. The lowest BCUT2D eigenvalue weighted by molar-refractivity contribution is -0.121. The molecule has 1 amide bonds. The van der Waals surface area contributed by atoms with Crippen molar-refractivity contribution >= 4 is 5.91 Å². The van der Waals surface area contributed by atoms with Gasteiger partial charge >= 0.3 is 0 Å². The zero-order chi connectivity index (χ0) is 13.2. The number of amides is 1. The lowest BCUT2D eigenvalue weighted by atomic mass is 10.0. The molecule has 1 fully saturated rings. The third kappa shape index (κ3) is 7.63. The smallest absolute Gasteiger partial charge is 0.221 e. The summed E-state index contributed by atoms with van der Waals surface area (Å²) in [5.41, 5.74) is 0. The van der Waals surface area contributed by atoms with Gasteiger partial charge in [0.15, 0.2) is 0 Å². The van der Waals surface area contributed by atoms with Gasteiger partial charge < -0.3 is 20.3 Å². The first-order valence-corrected chi connectivity index (χ1v) is 6.91. The van der Waals surface area contributed by atoms with Crippen LogP contribution in [0.15, 0.2) is 0 Å². The monoisotopic (exact) mass is 257 g/mol. The van der Waals surface area contributed by atoms with Crippen LogP contribution in [0.1, 0.15) is 25.7 Å². The van der Waals surface area contributed by atoms with Gasteiger partial charge in [-0.2, -0.15) is 0 Å². The van der Waals surface area contributed by atoms with Gasteiger partial charge in [0.05, 0.1) is 13.2 Å². The number of rotatable bonds is 8. The van der Waals surface area contributed by atoms with E-state index in [0.29, 0.717) is 32.2 Å². The maximum Gasteiger partial charge on any atom is 0.221 e. The number of nitrogens with zero attached hydrogens (tertiary/aromatic N) is 1. The largest absolute Gasteiger partial charge is 0.378 e. The van der Waals surface area contributed by atoms with Gasteiger partial charge in [0.1, 0.15) is 0 Å². The number of likely N-dealkylation sites (N-methyl/N-ethyl adjacent to an activating group) is 1. The third-order valence-electron chi connectivity index (χ3n) is 3.10. The minimum atomic E-state index is 0.130. The molecule has 5 nitrogen and oxygen atoms in total. The lowest BCUT2D eigenvalue weighted by Gasteiger charge is -2.22. The summed E-state index contributed by atoms with van der Waals surface area (Å²) in [6, 6.07) is 0.369. The van der Waals surface area contributed by atoms with Crippen LogP contribution < -0.4 is 10.6 Å². The van der Waals surface area contributed by atoms with Crippen molar-refractivity contribution in [2.24, 2.45) is 0 Å². The molecular formula is C13H27N3O2. The van der Waals surface area contributed by atoms with E-state index >= 15 is 0 Å². The van der Waals surface area contributed by atoms with Crippen molar-refractivity contribution in [2.45, 2.75) is 31.7 Å². The van der Waals surface area contributed by atoms with E-state index in [-0.39, 0.29) is 5.91 Å². The van der Waals surface area contributed by atoms with Gasteiger partial charge in [-0.25, -0.2) is 0 Å². The quantitative estimate of drug-likeness (QED) is 0.611. The van der Waals surface area contributed by atoms with Gasteiger partial charge in [-0.3, -0.25) is 4.79 Å². The van der Waals surface area contributed by atoms with Crippen LogP contribution in [0.3, 0.4) is 0 Å². The van der Waals surface area contributed by atoms with E-state index in [1.165, 1.54) is 12.8 Å². The molecule has 1 aliphatic heterocycles. The fourth-order valence-corrected chi connectivity index (χ4v) is 2.01. The Morgan fingerprint density at radius 3 is 2.89 bits per heavy atom. The highest BCUT2D eigenvalue weighted by Crippen LogP contribution is 2.09. The predicted octanol–water partition coefficient (Wildman–Crippen LogP) is 0.213. The molecule has 5 heteroatoms. The van der Waals surface area contributed by atoms with Crippen LogP contribution in [-0.4, -0.2) is 63.8 Å². The van der Waals surface area contributed by atoms with Crippen LogP contribution in [0.2, 0.25) is 0 Å². The van der Waals surface area contributed by atoms with E-state index < -0.39 is 0 Å². The van der Waals surface area contributed by atoms with Gasteiger partial charge in [-0.05, 0) is 33.5 Å². The highest BCUT2D eigenvalue weighted by molar-refractivity contribution is 5.76. The molecule has 1 atom stereocenters. The molecule has 1 heterocycles. The van der Waals surface area contributed by atoms with Crippen molar-refractivity contribution in [3.8, 4) is 0 Å². The second-order valence-corrected chi connectivity index (χ2v) is 5.12. The zero-order valence-electron chi connectivity index (χ0n) is 11.7. The predicted molar refractivity (Wildman–Crippen MR) is 72.6 cm³/mol. The third-order valence-corrected chi connectivity index (χ3v) is 3.10. The average Bonchev–Trinajstić information content (AvgIpc) is 2.34. The molecule has 1 unspecified atom stereocenters. The first-order valence-electron chi connectivity index (χ1n) is 6.91. The summed E-state index contributed by atoms with van der Waals surface area (Å²) in [6.45, 7) is 3.88. The second kappa shape index (κ2) is 9.30. The molecule has 1 rings (SSSR count). The molecule has 106 valence electrons. The maximum atomic E-state index is 11.6. The number of carbonyl (C=O) groups excluding carboxylic acids is 1. The molecule has 2 N–H and O–H groups in total. The van der Waals surface area contributed by atoms with E-state index in [2.05, 4.69) is 15.5 Å². The Kier molecular flexibility index (Phi) is 7.96. The lowest BCUT2D eigenvalue weighted by Crippen LogP contribution is -2.39. The highest BCUT2D eigenvalue weighted by Gasteiger charge is 2.15. The van der Waals surface area contributed by atoms with Gasteiger partial charge in [-0.15, -0.1) is 0 Å². The molecule has 0 spiro atoms. The first-order chi connectivity index (χ1) is 8.68. The molecule has 0 aromatic carbocycles. The van der Waals surface area contributed by atoms with E-state index in [0.717, 1.165) is 19.5 Å². The zero-order valence-corrected chi connectivity index (χ0v) is 11.7. The molecule has 0 radical (unpaired) electrons. The molecule has 1 saturated heterocycles. The van der Waals surface area contributed by atoms with Crippen molar-refractivity contribution in [3.05, 3.63) is 0 Å². The summed E-state index contributed by atoms with van der Waals surface area (Å²) >= 11 is 0. The SMILES string of the molecule is CN(C)CCOCCNC(=O)CC1CCCCN1. The molecular weight excluding hydrogens is 230 g/mol. The minimum Gasteiger partial charge on any atom is -0.378 e. The van der Waals surface area contributed by atoms with Gasteiger partial charge in [0.25, 0.3) is 0 Å². The van der Waals surface area contributed by atoms with Crippen LogP contribution >= 0.6 is 0 Å². The van der Waals surface area contributed by atoms with Crippen LogP contribution in [0.25, 0.3) is 0 Å². The van der Waals surface area contributed by atoms with E-state index in [1.54, 1.807) is 0 Å². The molecule has 0 aromatic rings. The highest BCUT2D eigenvalue weighted by atomic mass is 16.5. The summed E-state index contributed by atoms with van der Waals surface area (Å²) in [5.74, 6) is 0.130. The Morgan fingerprint density at radius 1 is 1.39 bits per heavy atom. The van der Waals surface area contributed by atoms with Crippen LogP contribution in [0.4, 0.5) is 0 Å². The van der Waals surface area contributed by atoms with Crippen molar-refractivity contribution < 1.29 is 9.53 Å². The van der Waals surface area contributed by atoms with Crippen LogP contribution in [0.5, 0.6) is 0 Å². The van der Waals surface area contributed by atoms with E-state index in [4.69, 9.17) is 4.74 Å². The van der Waals surface area contributed by atoms with Crippen molar-refractivity contribution in [2.75, 3.05) is 46.9 Å². The second-order valence-electron chi connectivity index (χ2n) is 5.12. The maximum absolute atomic E-state index is 11.6. The Bertz CT molecular complexity index is 228. The number of ether oxygens (including phenoxy) is 1. The van der Waals surface area contributed by atoms with Gasteiger partial charge in [-0.1, -0.05) is 6.42 Å². The standard InChI is InChI=1S/C13H27N3O2/c1-16(2)8-10-18-9-7-15-13(17)11-12-5-3-4-6-14-12/h12,14H,3-11H2,1-2H3,(H,15,17). The van der Waals surface area contributed by atoms with Crippen LogP contribution in [-0.2, 0) is 9.53 Å². The van der Waals surface area contributed by atoms with Gasteiger partial charge in [0.2, 0.25) is 5.91 Å². The van der Waals surface area contributed by atoms with Crippen LogP contribution in [0, 0.1) is 0 Å². The molecule has 18 heavy (non-hydrogen) atoms. The first kappa shape index (κ1) is 15.4. The number of nitrogens with one attached hydrogen (secondary N) is 2. The van der Waals surface area contributed by atoms with Crippen molar-refractivity contribution in [1.82, 2.24) is 15.5 Å². The summed E-state index contributed by atoms with van der Waals surface area (Å²) in [4.78, 5) is 13.7. The minimum absolute atomic E-state index is 0.130. The fraction of sp³-hybridized carbons (Fsp3) is 0.923. The normalized spacial score (nSPS) is 20.1. The molecule has 0 aromatic heterocycles. The summed E-state index contributed by atoms with van der Waals surface area (Å²) < 4.78 is 5.41. The average molecular weight is 257 g/mol. The summed E-state index contributed by atoms with van der Waals surface area (Å²) in [6.07, 6.45) is 4.18. The Hall–Kier alpha value is -0.650. The Morgan fingerprint density at radius 2 is 2.22 bits per heavy atom. The summed E-state index contributed by atoms with van der Waals surface area (Å²) in [7, 11) is 4.03. The molecule has 0 bridgehead atoms. The van der Waals surface area contributed by atoms with Crippen molar-refractivity contribution in [1.29, 1.82) is 0 Å². The Labute approximate surface area is 110 Å². The van der Waals surface area contributed by atoms with Crippen molar-refractivity contribution in [3.63, 3.8) is 0 Å². The van der Waals surface area contributed by atoms with E-state index in [1.807, 2.05) is 14.1 Å². The number of hydrogen-bond donors (Lipinski definition) is 2. The van der Waals surface area contributed by atoms with E-state index in [9.17, 15) is 4.79 Å². The number of carbonyl (C=O) groups is 1. The molecule has 0 aliphatic carbocycles. The number of hydrogen-bond acceptors (Lipinski definition) is 4. The Balaban J connectivity index is 1.93. The van der Waals surface area contributed by atoms with Gasteiger partial charge in [0, 0.05) is 25.6 Å². The topological polar surface area (TPSA) is 53.6 Å².